The molecule has 1 fully saturated rings. The first-order valence-electron chi connectivity index (χ1n) is 8.87. The first kappa shape index (κ1) is 19.0. The molecule has 0 radical (unpaired) electrons. The summed E-state index contributed by atoms with van der Waals surface area (Å²) in [4.78, 5) is 16.0. The smallest absolute Gasteiger partial charge is 0.407 e. The van der Waals surface area contributed by atoms with Crippen molar-refractivity contribution in [1.82, 2.24) is 20.1 Å². The van der Waals surface area contributed by atoms with Gasteiger partial charge in [0.15, 0.2) is 5.82 Å². The largest absolute Gasteiger partial charge is 0.444 e. The van der Waals surface area contributed by atoms with Crippen LogP contribution in [0.2, 0.25) is 0 Å². The number of carbonyl (C=O) groups excluding carboxylic acids is 1. The first-order valence-corrected chi connectivity index (χ1v) is 8.87. The Morgan fingerprint density at radius 1 is 1.28 bits per heavy atom. The van der Waals surface area contributed by atoms with Gasteiger partial charge >= 0.3 is 6.09 Å². The third-order valence-electron chi connectivity index (χ3n) is 3.53. The minimum atomic E-state index is -0.494. The number of aromatic nitrogens is 3. The molecule has 0 aliphatic heterocycles. The monoisotopic (exact) mass is 344 g/mol. The van der Waals surface area contributed by atoms with E-state index >= 15 is 0 Å². The lowest BCUT2D eigenvalue weighted by molar-refractivity contribution is 0.0523. The van der Waals surface area contributed by atoms with E-state index in [2.05, 4.69) is 15.4 Å². The topological polar surface area (TPSA) is 69.0 Å². The molecule has 0 atom stereocenters. The molecule has 6 heteroatoms. The highest BCUT2D eigenvalue weighted by atomic mass is 16.6. The van der Waals surface area contributed by atoms with E-state index in [1.165, 1.54) is 18.4 Å². The van der Waals surface area contributed by atoms with Gasteiger partial charge < -0.3 is 10.1 Å². The molecule has 1 aliphatic carbocycles. The van der Waals surface area contributed by atoms with Crippen LogP contribution >= 0.6 is 0 Å². The molecule has 0 spiro atoms. The SMILES string of the molecule is CC.CC(C)(C)OC(=O)NCc1ccc(-n2cc(C3CC3)cn2)nc1. The Morgan fingerprint density at radius 2 is 2.00 bits per heavy atom. The molecule has 136 valence electrons. The van der Waals surface area contributed by atoms with Crippen LogP contribution in [0.4, 0.5) is 4.79 Å². The standard InChI is InChI=1S/C17H22N4O2.C2H6/c1-17(2,3)23-16(22)19-9-12-4-7-15(18-8-12)21-11-14(10-20-21)13-5-6-13;1-2/h4,7-8,10-11,13H,5-6,9H2,1-3H3,(H,19,22);1-2H3. The van der Waals surface area contributed by atoms with Crippen molar-refractivity contribution in [3.05, 3.63) is 41.9 Å². The number of hydrogen-bond donors (Lipinski definition) is 1. The minimum absolute atomic E-state index is 0.384. The molecule has 0 saturated heterocycles. The normalized spacial score (nSPS) is 13.6. The zero-order valence-corrected chi connectivity index (χ0v) is 15.7. The minimum Gasteiger partial charge on any atom is -0.444 e. The Bertz CT molecular complexity index is 682. The Hall–Kier alpha value is -2.37. The number of carbonyl (C=O) groups is 1. The second-order valence-electron chi connectivity index (χ2n) is 6.87. The number of hydrogen-bond acceptors (Lipinski definition) is 4. The number of pyridine rings is 1. The van der Waals surface area contributed by atoms with Crippen molar-refractivity contribution >= 4 is 6.09 Å². The van der Waals surface area contributed by atoms with Gasteiger partial charge in [-0.25, -0.2) is 14.5 Å². The van der Waals surface area contributed by atoms with Crippen LogP contribution in [0, 0.1) is 0 Å². The Morgan fingerprint density at radius 3 is 2.56 bits per heavy atom. The quantitative estimate of drug-likeness (QED) is 0.902. The number of rotatable bonds is 4. The summed E-state index contributed by atoms with van der Waals surface area (Å²) >= 11 is 0. The lowest BCUT2D eigenvalue weighted by Gasteiger charge is -2.19. The van der Waals surface area contributed by atoms with Gasteiger partial charge in [0, 0.05) is 18.9 Å². The van der Waals surface area contributed by atoms with E-state index < -0.39 is 11.7 Å². The summed E-state index contributed by atoms with van der Waals surface area (Å²) in [6.45, 7) is 9.89. The highest BCUT2D eigenvalue weighted by Gasteiger charge is 2.25. The summed E-state index contributed by atoms with van der Waals surface area (Å²) < 4.78 is 6.99. The predicted molar refractivity (Wildman–Crippen MR) is 97.8 cm³/mol. The van der Waals surface area contributed by atoms with E-state index in [1.807, 2.05) is 59.1 Å². The Labute approximate surface area is 149 Å². The van der Waals surface area contributed by atoms with Crippen LogP contribution in [-0.2, 0) is 11.3 Å². The number of amides is 1. The molecule has 25 heavy (non-hydrogen) atoms. The maximum Gasteiger partial charge on any atom is 0.407 e. The highest BCUT2D eigenvalue weighted by Crippen LogP contribution is 2.39. The van der Waals surface area contributed by atoms with Gasteiger partial charge in [-0.15, -0.1) is 0 Å². The molecule has 2 aromatic heterocycles. The third-order valence-corrected chi connectivity index (χ3v) is 3.53. The van der Waals surface area contributed by atoms with Crippen LogP contribution in [0.5, 0.6) is 0 Å². The van der Waals surface area contributed by atoms with Crippen LogP contribution in [-0.4, -0.2) is 26.5 Å². The van der Waals surface area contributed by atoms with Crippen molar-refractivity contribution in [2.45, 2.75) is 65.5 Å². The molecule has 1 aliphatic rings. The lowest BCUT2D eigenvalue weighted by atomic mass is 10.2. The van der Waals surface area contributed by atoms with E-state index in [9.17, 15) is 4.79 Å². The lowest BCUT2D eigenvalue weighted by Crippen LogP contribution is -2.32. The number of nitrogens with zero attached hydrogens (tertiary/aromatic N) is 3. The predicted octanol–water partition coefficient (Wildman–Crippen LogP) is 4.20. The van der Waals surface area contributed by atoms with Crippen LogP contribution in [0.3, 0.4) is 0 Å². The third kappa shape index (κ3) is 5.89. The second-order valence-corrected chi connectivity index (χ2v) is 6.87. The molecule has 0 unspecified atom stereocenters. The fraction of sp³-hybridized carbons (Fsp3) is 0.526. The maximum absolute atomic E-state index is 11.6. The van der Waals surface area contributed by atoms with Gasteiger partial charge in [0.25, 0.3) is 0 Å². The Kier molecular flexibility index (Phi) is 6.17. The van der Waals surface area contributed by atoms with E-state index in [1.54, 1.807) is 10.9 Å². The van der Waals surface area contributed by atoms with Crippen molar-refractivity contribution in [3.63, 3.8) is 0 Å². The van der Waals surface area contributed by atoms with Gasteiger partial charge in [0.05, 0.1) is 6.20 Å². The van der Waals surface area contributed by atoms with Crippen LogP contribution < -0.4 is 5.32 Å². The van der Waals surface area contributed by atoms with Crippen molar-refractivity contribution < 1.29 is 9.53 Å². The van der Waals surface area contributed by atoms with Crippen molar-refractivity contribution in [3.8, 4) is 5.82 Å². The molecule has 0 bridgehead atoms. The average Bonchev–Trinajstić information content (AvgIpc) is 3.31. The molecular weight excluding hydrogens is 316 g/mol. The van der Waals surface area contributed by atoms with Gasteiger partial charge in [0.2, 0.25) is 0 Å². The number of nitrogens with one attached hydrogen (secondary N) is 1. The second kappa shape index (κ2) is 8.14. The summed E-state index contributed by atoms with van der Waals surface area (Å²) in [5.41, 5.74) is 1.70. The van der Waals surface area contributed by atoms with Gasteiger partial charge in [-0.2, -0.15) is 5.10 Å². The van der Waals surface area contributed by atoms with Crippen molar-refractivity contribution in [1.29, 1.82) is 0 Å². The number of alkyl carbamates (subject to hydrolysis) is 1. The van der Waals surface area contributed by atoms with Crippen molar-refractivity contribution in [2.24, 2.45) is 0 Å². The van der Waals surface area contributed by atoms with Crippen LogP contribution in [0.25, 0.3) is 5.82 Å². The van der Waals surface area contributed by atoms with Gasteiger partial charge in [-0.05, 0) is 56.7 Å². The molecule has 6 nitrogen and oxygen atoms in total. The summed E-state index contributed by atoms with van der Waals surface area (Å²) in [5.74, 6) is 1.46. The van der Waals surface area contributed by atoms with E-state index in [0.29, 0.717) is 12.5 Å². The zero-order valence-electron chi connectivity index (χ0n) is 15.7. The fourth-order valence-electron chi connectivity index (χ4n) is 2.23. The van der Waals surface area contributed by atoms with Gasteiger partial charge in [0.1, 0.15) is 5.60 Å². The van der Waals surface area contributed by atoms with E-state index in [0.717, 1.165) is 11.4 Å². The molecule has 0 aromatic carbocycles. The summed E-state index contributed by atoms with van der Waals surface area (Å²) in [5, 5.41) is 7.07. The van der Waals surface area contributed by atoms with E-state index in [-0.39, 0.29) is 0 Å². The Balaban J connectivity index is 0.00000109. The molecule has 2 aromatic rings. The molecule has 1 amide bonds. The summed E-state index contributed by atoms with van der Waals surface area (Å²) in [7, 11) is 0. The molecule has 3 rings (SSSR count). The highest BCUT2D eigenvalue weighted by molar-refractivity contribution is 5.67. The van der Waals surface area contributed by atoms with Crippen LogP contribution in [0.1, 0.15) is 64.5 Å². The van der Waals surface area contributed by atoms with Crippen molar-refractivity contribution in [2.75, 3.05) is 0 Å². The first-order chi connectivity index (χ1) is 11.9. The molecule has 1 saturated carbocycles. The van der Waals surface area contributed by atoms with Gasteiger partial charge in [-0.1, -0.05) is 19.9 Å². The number of ether oxygens (including phenoxy) is 1. The average molecular weight is 344 g/mol. The van der Waals surface area contributed by atoms with Crippen LogP contribution in [0.15, 0.2) is 30.7 Å². The van der Waals surface area contributed by atoms with Gasteiger partial charge in [-0.3, -0.25) is 0 Å². The summed E-state index contributed by atoms with van der Waals surface area (Å²) in [6.07, 6.45) is 7.78. The maximum atomic E-state index is 11.6. The molecular formula is C19H28N4O2. The zero-order chi connectivity index (χ0) is 18.4. The molecule has 1 N–H and O–H groups in total. The van der Waals surface area contributed by atoms with E-state index in [4.69, 9.17) is 4.74 Å². The molecule has 2 heterocycles. The summed E-state index contributed by atoms with van der Waals surface area (Å²) in [6, 6.07) is 3.83. The fourth-order valence-corrected chi connectivity index (χ4v) is 2.23.